The number of carbonyl (C=O) groups is 2. The number of carboxylic acids is 2. The molecule has 0 fully saturated rings. The first-order chi connectivity index (χ1) is 5.49. The van der Waals surface area contributed by atoms with Gasteiger partial charge in [0.25, 0.3) is 0 Å². The van der Waals surface area contributed by atoms with Crippen LogP contribution in [0.5, 0.6) is 0 Å². The van der Waals surface area contributed by atoms with Gasteiger partial charge in [-0.1, -0.05) is 13.8 Å². The summed E-state index contributed by atoms with van der Waals surface area (Å²) in [6.07, 6.45) is 1.36. The molecule has 4 heteroatoms. The fourth-order valence-electron chi connectivity index (χ4n) is 0.768. The third-order valence-corrected chi connectivity index (χ3v) is 1.67. The Morgan fingerprint density at radius 2 is 1.92 bits per heavy atom. The van der Waals surface area contributed by atoms with Gasteiger partial charge < -0.3 is 10.2 Å². The average molecular weight is 172 g/mol. The first-order valence-corrected chi connectivity index (χ1v) is 3.66. The summed E-state index contributed by atoms with van der Waals surface area (Å²) in [6.45, 7) is 3.49. The second-order valence-corrected chi connectivity index (χ2v) is 2.55. The third-order valence-electron chi connectivity index (χ3n) is 1.67. The third kappa shape index (κ3) is 3.18. The summed E-state index contributed by atoms with van der Waals surface area (Å²) in [5.74, 6) is -2.60. The van der Waals surface area contributed by atoms with Gasteiger partial charge in [0.15, 0.2) is 0 Å². The zero-order valence-corrected chi connectivity index (χ0v) is 7.07. The van der Waals surface area contributed by atoms with Crippen molar-refractivity contribution >= 4 is 11.9 Å². The molecule has 0 aromatic heterocycles. The van der Waals surface area contributed by atoms with E-state index in [0.29, 0.717) is 6.42 Å². The Morgan fingerprint density at radius 3 is 2.17 bits per heavy atom. The van der Waals surface area contributed by atoms with Gasteiger partial charge in [-0.25, -0.2) is 9.59 Å². The Labute approximate surface area is 70.5 Å². The van der Waals surface area contributed by atoms with Crippen LogP contribution in [0.25, 0.3) is 0 Å². The standard InChI is InChI=1S/C8H12O4/c1-3-5(2)6(8(11)12)4-7(9)10/h4-5H,3H2,1-2H3,(H,9,10)(H,11,12)/b6-4+/t5-/m0/s1. The van der Waals surface area contributed by atoms with E-state index < -0.39 is 11.9 Å². The first-order valence-electron chi connectivity index (χ1n) is 3.66. The Balaban J connectivity index is 4.66. The fraction of sp³-hybridized carbons (Fsp3) is 0.500. The minimum atomic E-state index is -1.22. The molecule has 0 saturated heterocycles. The lowest BCUT2D eigenvalue weighted by Gasteiger charge is -2.07. The van der Waals surface area contributed by atoms with Crippen molar-refractivity contribution in [1.82, 2.24) is 0 Å². The van der Waals surface area contributed by atoms with Gasteiger partial charge in [0, 0.05) is 11.6 Å². The van der Waals surface area contributed by atoms with Crippen LogP contribution in [0.4, 0.5) is 0 Å². The summed E-state index contributed by atoms with van der Waals surface area (Å²) in [7, 11) is 0. The Hall–Kier alpha value is -1.32. The molecule has 0 radical (unpaired) electrons. The zero-order chi connectivity index (χ0) is 9.72. The lowest BCUT2D eigenvalue weighted by Crippen LogP contribution is -2.11. The normalized spacial score (nSPS) is 14.0. The van der Waals surface area contributed by atoms with Gasteiger partial charge >= 0.3 is 11.9 Å². The van der Waals surface area contributed by atoms with Crippen molar-refractivity contribution in [2.75, 3.05) is 0 Å². The lowest BCUT2D eigenvalue weighted by molar-refractivity contribution is -0.135. The van der Waals surface area contributed by atoms with Crippen LogP contribution < -0.4 is 0 Å². The number of hydrogen-bond donors (Lipinski definition) is 2. The molecule has 68 valence electrons. The van der Waals surface area contributed by atoms with E-state index in [4.69, 9.17) is 10.2 Å². The molecule has 0 aromatic rings. The monoisotopic (exact) mass is 172 g/mol. The fourth-order valence-corrected chi connectivity index (χ4v) is 0.768. The predicted octanol–water partition coefficient (Wildman–Crippen LogP) is 1.13. The minimum Gasteiger partial charge on any atom is -0.478 e. The van der Waals surface area contributed by atoms with Gasteiger partial charge in [0.2, 0.25) is 0 Å². The van der Waals surface area contributed by atoms with E-state index in [1.54, 1.807) is 6.92 Å². The molecule has 0 rings (SSSR count). The van der Waals surface area contributed by atoms with Crippen molar-refractivity contribution in [3.8, 4) is 0 Å². The molecular weight excluding hydrogens is 160 g/mol. The highest BCUT2D eigenvalue weighted by atomic mass is 16.4. The van der Waals surface area contributed by atoms with Crippen LogP contribution in [0, 0.1) is 5.92 Å². The summed E-state index contributed by atoms with van der Waals surface area (Å²) in [4.78, 5) is 20.7. The summed E-state index contributed by atoms with van der Waals surface area (Å²) in [6, 6.07) is 0. The van der Waals surface area contributed by atoms with Crippen LogP contribution in [-0.2, 0) is 9.59 Å². The Morgan fingerprint density at radius 1 is 1.42 bits per heavy atom. The maximum Gasteiger partial charge on any atom is 0.332 e. The van der Waals surface area contributed by atoms with Crippen LogP contribution >= 0.6 is 0 Å². The van der Waals surface area contributed by atoms with Crippen molar-refractivity contribution in [3.63, 3.8) is 0 Å². The smallest absolute Gasteiger partial charge is 0.332 e. The van der Waals surface area contributed by atoms with Crippen molar-refractivity contribution in [2.24, 2.45) is 5.92 Å². The van der Waals surface area contributed by atoms with Crippen LogP contribution in [0.15, 0.2) is 11.6 Å². The quantitative estimate of drug-likeness (QED) is 0.623. The van der Waals surface area contributed by atoms with Gasteiger partial charge in [0.1, 0.15) is 0 Å². The molecule has 0 aliphatic heterocycles. The number of aliphatic carboxylic acids is 2. The molecule has 0 aromatic carbocycles. The minimum absolute atomic E-state index is 0.0509. The lowest BCUT2D eigenvalue weighted by atomic mass is 9.98. The predicted molar refractivity (Wildman–Crippen MR) is 42.8 cm³/mol. The largest absolute Gasteiger partial charge is 0.478 e. The molecule has 0 spiro atoms. The molecule has 0 aliphatic carbocycles. The van der Waals surface area contributed by atoms with E-state index in [-0.39, 0.29) is 11.5 Å². The number of rotatable bonds is 4. The molecule has 0 heterocycles. The van der Waals surface area contributed by atoms with E-state index in [9.17, 15) is 9.59 Å². The zero-order valence-electron chi connectivity index (χ0n) is 7.07. The molecular formula is C8H12O4. The highest BCUT2D eigenvalue weighted by Crippen LogP contribution is 2.13. The SMILES string of the molecule is CC[C@H](C)/C(=C\C(=O)O)C(=O)O. The van der Waals surface area contributed by atoms with Crippen LogP contribution in [0.1, 0.15) is 20.3 Å². The summed E-state index contributed by atoms with van der Waals surface area (Å²) in [5.41, 5.74) is -0.0509. The molecule has 2 N–H and O–H groups in total. The Kier molecular flexibility index (Phi) is 4.04. The van der Waals surface area contributed by atoms with E-state index >= 15 is 0 Å². The molecule has 4 nitrogen and oxygen atoms in total. The summed E-state index contributed by atoms with van der Waals surface area (Å²) < 4.78 is 0. The second-order valence-electron chi connectivity index (χ2n) is 2.55. The maximum atomic E-state index is 10.5. The van der Waals surface area contributed by atoms with E-state index in [0.717, 1.165) is 6.08 Å². The van der Waals surface area contributed by atoms with Gasteiger partial charge in [0.05, 0.1) is 0 Å². The number of hydrogen-bond acceptors (Lipinski definition) is 2. The van der Waals surface area contributed by atoms with Crippen molar-refractivity contribution in [2.45, 2.75) is 20.3 Å². The van der Waals surface area contributed by atoms with Gasteiger partial charge in [-0.2, -0.15) is 0 Å². The van der Waals surface area contributed by atoms with E-state index in [2.05, 4.69) is 0 Å². The molecule has 1 atom stereocenters. The summed E-state index contributed by atoms with van der Waals surface area (Å²) >= 11 is 0. The molecule has 12 heavy (non-hydrogen) atoms. The van der Waals surface area contributed by atoms with Gasteiger partial charge in [-0.05, 0) is 12.3 Å². The maximum absolute atomic E-state index is 10.5. The van der Waals surface area contributed by atoms with Crippen LogP contribution in [0.2, 0.25) is 0 Å². The first kappa shape index (κ1) is 10.7. The topological polar surface area (TPSA) is 74.6 Å². The van der Waals surface area contributed by atoms with Crippen molar-refractivity contribution in [3.05, 3.63) is 11.6 Å². The molecule has 0 bridgehead atoms. The molecule has 0 aliphatic rings. The average Bonchev–Trinajstić information content (AvgIpc) is 1.98. The molecule has 0 amide bonds. The number of carboxylic acid groups (broad SMARTS) is 2. The van der Waals surface area contributed by atoms with E-state index in [1.165, 1.54) is 0 Å². The van der Waals surface area contributed by atoms with Crippen LogP contribution in [0.3, 0.4) is 0 Å². The van der Waals surface area contributed by atoms with Gasteiger partial charge in [-0.3, -0.25) is 0 Å². The molecule has 0 saturated carbocycles. The van der Waals surface area contributed by atoms with E-state index in [1.807, 2.05) is 6.92 Å². The van der Waals surface area contributed by atoms with Crippen molar-refractivity contribution in [1.29, 1.82) is 0 Å². The highest BCUT2D eigenvalue weighted by molar-refractivity contribution is 5.94. The molecule has 0 unspecified atom stereocenters. The Bertz CT molecular complexity index is 217. The second kappa shape index (κ2) is 4.54. The van der Waals surface area contributed by atoms with Crippen LogP contribution in [-0.4, -0.2) is 22.2 Å². The highest BCUT2D eigenvalue weighted by Gasteiger charge is 2.15. The summed E-state index contributed by atoms with van der Waals surface area (Å²) in [5, 5.41) is 16.9. The van der Waals surface area contributed by atoms with Gasteiger partial charge in [-0.15, -0.1) is 0 Å². The van der Waals surface area contributed by atoms with Crippen molar-refractivity contribution < 1.29 is 19.8 Å².